The van der Waals surface area contributed by atoms with Crippen LogP contribution in [0.5, 0.6) is 0 Å². The minimum atomic E-state index is -0.386. The molecule has 1 aromatic heterocycles. The summed E-state index contributed by atoms with van der Waals surface area (Å²) in [4.78, 5) is 25.8. The molecule has 0 bridgehead atoms. The van der Waals surface area contributed by atoms with E-state index in [1.165, 1.54) is 0 Å². The molecule has 108 valence electrons. The highest BCUT2D eigenvalue weighted by atomic mass is 16.3. The molecule has 0 unspecified atom stereocenters. The molecule has 7 heteroatoms. The second-order valence-corrected chi connectivity index (χ2v) is 4.80. The average molecular weight is 286 g/mol. The van der Waals surface area contributed by atoms with Gasteiger partial charge in [-0.25, -0.2) is 0 Å². The van der Waals surface area contributed by atoms with Crippen molar-refractivity contribution in [2.24, 2.45) is 0 Å². The molecule has 3 rings (SSSR count). The molecule has 21 heavy (non-hydrogen) atoms. The molecule has 0 radical (unpaired) electrons. The molecule has 1 aliphatic rings. The van der Waals surface area contributed by atoms with Crippen LogP contribution in [0.3, 0.4) is 0 Å². The number of amides is 2. The molecule has 0 saturated carbocycles. The largest absolute Gasteiger partial charge is 0.398 e. The Morgan fingerprint density at radius 1 is 1.24 bits per heavy atom. The quantitative estimate of drug-likeness (QED) is 0.620. The number of anilines is 1. The van der Waals surface area contributed by atoms with Gasteiger partial charge in [-0.1, -0.05) is 6.07 Å². The third-order valence-electron chi connectivity index (χ3n) is 3.39. The maximum Gasteiger partial charge on any atom is 0.263 e. The molecule has 0 fully saturated rings. The van der Waals surface area contributed by atoms with Gasteiger partial charge in [0.2, 0.25) is 0 Å². The Morgan fingerprint density at radius 2 is 2.05 bits per heavy atom. The standard InChI is InChI=1S/C14H14N4O3/c15-11-3-1-2-10-12(11)14(21)18(13(10)20)8-9-6-16-17(7-9)4-5-19/h1-3,6-7,19H,4-5,8,15H2. The van der Waals surface area contributed by atoms with E-state index in [9.17, 15) is 9.59 Å². The molecule has 0 aliphatic carbocycles. The first-order valence-electron chi connectivity index (χ1n) is 6.48. The fourth-order valence-corrected chi connectivity index (χ4v) is 2.40. The first-order chi connectivity index (χ1) is 10.1. The van der Waals surface area contributed by atoms with Crippen LogP contribution in [-0.4, -0.2) is 38.2 Å². The Bertz CT molecular complexity index is 723. The first kappa shape index (κ1) is 13.3. The van der Waals surface area contributed by atoms with Gasteiger partial charge < -0.3 is 10.8 Å². The molecule has 1 aromatic carbocycles. The SMILES string of the molecule is Nc1cccc2c1C(=O)N(Cc1cnn(CCO)c1)C2=O. The zero-order valence-electron chi connectivity index (χ0n) is 11.2. The molecule has 2 aromatic rings. The Kier molecular flexibility index (Phi) is 3.19. The van der Waals surface area contributed by atoms with Crippen molar-refractivity contribution in [3.63, 3.8) is 0 Å². The van der Waals surface area contributed by atoms with Crippen LogP contribution in [-0.2, 0) is 13.1 Å². The van der Waals surface area contributed by atoms with Gasteiger partial charge in [-0.05, 0) is 12.1 Å². The van der Waals surface area contributed by atoms with Crippen molar-refractivity contribution in [3.05, 3.63) is 47.3 Å². The summed E-state index contributed by atoms with van der Waals surface area (Å²) >= 11 is 0. The number of nitrogens with two attached hydrogens (primary N) is 1. The molecular weight excluding hydrogens is 272 g/mol. The van der Waals surface area contributed by atoms with E-state index in [1.54, 1.807) is 35.3 Å². The Labute approximate surface area is 120 Å². The van der Waals surface area contributed by atoms with Crippen molar-refractivity contribution in [2.75, 3.05) is 12.3 Å². The normalized spacial score (nSPS) is 13.9. The number of aliphatic hydroxyl groups excluding tert-OH is 1. The van der Waals surface area contributed by atoms with E-state index >= 15 is 0 Å². The van der Waals surface area contributed by atoms with E-state index < -0.39 is 0 Å². The predicted molar refractivity (Wildman–Crippen MR) is 74.4 cm³/mol. The molecule has 0 atom stereocenters. The second-order valence-electron chi connectivity index (χ2n) is 4.80. The lowest BCUT2D eigenvalue weighted by Crippen LogP contribution is -2.29. The van der Waals surface area contributed by atoms with Crippen molar-refractivity contribution in [1.82, 2.24) is 14.7 Å². The van der Waals surface area contributed by atoms with E-state index in [0.717, 1.165) is 10.5 Å². The number of carbonyl (C=O) groups excluding carboxylic acids is 2. The van der Waals surface area contributed by atoms with Crippen LogP contribution in [0.25, 0.3) is 0 Å². The van der Waals surface area contributed by atoms with Crippen LogP contribution in [0, 0.1) is 0 Å². The number of hydrogen-bond donors (Lipinski definition) is 2. The highest BCUT2D eigenvalue weighted by molar-refractivity contribution is 6.23. The van der Waals surface area contributed by atoms with Gasteiger partial charge in [-0.15, -0.1) is 0 Å². The van der Waals surface area contributed by atoms with Crippen LogP contribution in [0.4, 0.5) is 5.69 Å². The number of fused-ring (bicyclic) bond motifs is 1. The van der Waals surface area contributed by atoms with Gasteiger partial charge in [0.05, 0.1) is 37.0 Å². The molecule has 0 saturated heterocycles. The predicted octanol–water partition coefficient (Wildman–Crippen LogP) is 0.254. The molecule has 3 N–H and O–H groups in total. The van der Waals surface area contributed by atoms with E-state index in [0.29, 0.717) is 17.8 Å². The van der Waals surface area contributed by atoms with Crippen molar-refractivity contribution in [3.8, 4) is 0 Å². The van der Waals surface area contributed by atoms with Crippen LogP contribution >= 0.6 is 0 Å². The monoisotopic (exact) mass is 286 g/mol. The maximum atomic E-state index is 12.3. The van der Waals surface area contributed by atoms with Crippen molar-refractivity contribution in [2.45, 2.75) is 13.1 Å². The number of nitrogen functional groups attached to an aromatic ring is 1. The topological polar surface area (TPSA) is 101 Å². The highest BCUT2D eigenvalue weighted by Gasteiger charge is 2.36. The maximum absolute atomic E-state index is 12.3. The summed E-state index contributed by atoms with van der Waals surface area (Å²) in [6.45, 7) is 0.483. The Balaban J connectivity index is 1.86. The lowest BCUT2D eigenvalue weighted by molar-refractivity contribution is 0.0642. The van der Waals surface area contributed by atoms with Gasteiger partial charge >= 0.3 is 0 Å². The van der Waals surface area contributed by atoms with Gasteiger partial charge in [0.25, 0.3) is 11.8 Å². The lowest BCUT2D eigenvalue weighted by Gasteiger charge is -2.12. The summed E-state index contributed by atoms with van der Waals surface area (Å²) in [5.74, 6) is -0.736. The van der Waals surface area contributed by atoms with Crippen LogP contribution in [0.2, 0.25) is 0 Å². The van der Waals surface area contributed by atoms with E-state index in [4.69, 9.17) is 10.8 Å². The van der Waals surface area contributed by atoms with E-state index in [1.807, 2.05) is 0 Å². The fraction of sp³-hybridized carbons (Fsp3) is 0.214. The summed E-state index contributed by atoms with van der Waals surface area (Å²) < 4.78 is 1.56. The number of nitrogens with zero attached hydrogens (tertiary/aromatic N) is 3. The molecule has 0 spiro atoms. The number of carbonyl (C=O) groups is 2. The number of benzene rings is 1. The van der Waals surface area contributed by atoms with E-state index in [-0.39, 0.29) is 30.5 Å². The van der Waals surface area contributed by atoms with Crippen molar-refractivity contribution in [1.29, 1.82) is 0 Å². The zero-order valence-corrected chi connectivity index (χ0v) is 11.2. The summed E-state index contributed by atoms with van der Waals surface area (Å²) in [5.41, 5.74) is 7.41. The fourth-order valence-electron chi connectivity index (χ4n) is 2.40. The minimum Gasteiger partial charge on any atom is -0.398 e. The van der Waals surface area contributed by atoms with Crippen LogP contribution < -0.4 is 5.73 Å². The molecule has 1 aliphatic heterocycles. The third kappa shape index (κ3) is 2.17. The van der Waals surface area contributed by atoms with Gasteiger partial charge in [0, 0.05) is 17.4 Å². The highest BCUT2D eigenvalue weighted by Crippen LogP contribution is 2.28. The average Bonchev–Trinajstić information content (AvgIpc) is 2.99. The smallest absolute Gasteiger partial charge is 0.263 e. The van der Waals surface area contributed by atoms with Crippen LogP contribution in [0.15, 0.2) is 30.6 Å². The number of imide groups is 1. The van der Waals surface area contributed by atoms with Gasteiger partial charge in [-0.2, -0.15) is 5.10 Å². The molecule has 2 amide bonds. The van der Waals surface area contributed by atoms with Gasteiger partial charge in [-0.3, -0.25) is 19.2 Å². The molecule has 2 heterocycles. The summed E-state index contributed by atoms with van der Waals surface area (Å²) in [6.07, 6.45) is 3.27. The van der Waals surface area contributed by atoms with Gasteiger partial charge in [0.15, 0.2) is 0 Å². The third-order valence-corrected chi connectivity index (χ3v) is 3.39. The Hall–Kier alpha value is -2.67. The zero-order chi connectivity index (χ0) is 15.0. The summed E-state index contributed by atoms with van der Waals surface area (Å²) in [6, 6.07) is 4.86. The minimum absolute atomic E-state index is 0.0231. The van der Waals surface area contributed by atoms with Crippen molar-refractivity contribution >= 4 is 17.5 Å². The van der Waals surface area contributed by atoms with Crippen LogP contribution in [0.1, 0.15) is 26.3 Å². The Morgan fingerprint density at radius 3 is 2.76 bits per heavy atom. The number of hydrogen-bond acceptors (Lipinski definition) is 5. The first-order valence-corrected chi connectivity index (χ1v) is 6.48. The number of aromatic nitrogens is 2. The van der Waals surface area contributed by atoms with Crippen molar-refractivity contribution < 1.29 is 14.7 Å². The van der Waals surface area contributed by atoms with Gasteiger partial charge in [0.1, 0.15) is 0 Å². The molecule has 7 nitrogen and oxygen atoms in total. The number of rotatable bonds is 4. The number of aliphatic hydroxyl groups is 1. The van der Waals surface area contributed by atoms with E-state index in [2.05, 4.69) is 5.10 Å². The molecular formula is C14H14N4O3. The summed E-state index contributed by atoms with van der Waals surface area (Å²) in [7, 11) is 0. The lowest BCUT2D eigenvalue weighted by atomic mass is 10.1. The second kappa shape index (κ2) is 5.02. The summed E-state index contributed by atoms with van der Waals surface area (Å²) in [5, 5.41) is 12.9.